The Balaban J connectivity index is 1.40. The zero-order chi connectivity index (χ0) is 39.4. The van der Waals surface area contributed by atoms with Gasteiger partial charge in [0.15, 0.2) is 0 Å². The quantitative estimate of drug-likeness (QED) is 0.0316. The molecule has 54 heavy (non-hydrogen) atoms. The van der Waals surface area contributed by atoms with Gasteiger partial charge in [0.05, 0.1) is 11.2 Å². The van der Waals surface area contributed by atoms with E-state index in [4.69, 9.17) is 0 Å². The third-order valence-corrected chi connectivity index (χ3v) is 8.19. The molecule has 286 valence electrons. The van der Waals surface area contributed by atoms with Crippen LogP contribution in [0, 0.1) is 0 Å². The summed E-state index contributed by atoms with van der Waals surface area (Å²) >= 11 is 0. The van der Waals surface area contributed by atoms with Gasteiger partial charge in [0.25, 0.3) is 34.4 Å². The average molecular weight is 752 g/mol. The Hall–Kier alpha value is -6.99. The van der Waals surface area contributed by atoms with Crippen LogP contribution in [-0.4, -0.2) is 124 Å². The van der Waals surface area contributed by atoms with Crippen LogP contribution in [-0.2, 0) is 9.59 Å². The van der Waals surface area contributed by atoms with E-state index in [-0.39, 0.29) is 113 Å². The van der Waals surface area contributed by atoms with E-state index in [9.17, 15) is 59.2 Å². The molecule has 4 rings (SSSR count). The summed E-state index contributed by atoms with van der Waals surface area (Å²) in [4.78, 5) is 102. The van der Waals surface area contributed by atoms with Crippen LogP contribution in [0.3, 0.4) is 0 Å². The van der Waals surface area contributed by atoms with Crippen LogP contribution in [0.25, 0.3) is 0 Å². The van der Waals surface area contributed by atoms with Crippen LogP contribution in [0.4, 0.5) is 0 Å². The topological polar surface area (TPSA) is 266 Å². The Morgan fingerprint density at radius 3 is 1.50 bits per heavy atom. The van der Waals surface area contributed by atoms with Crippen molar-refractivity contribution in [2.24, 2.45) is 0 Å². The van der Waals surface area contributed by atoms with Crippen molar-refractivity contribution in [2.45, 2.75) is 32.1 Å². The number of aromatic nitrogens is 3. The van der Waals surface area contributed by atoms with Crippen LogP contribution in [0.2, 0.25) is 0 Å². The maximum Gasteiger partial charge on any atom is 0.438 e. The Morgan fingerprint density at radius 1 is 0.611 bits per heavy atom. The molecule has 0 atom stereocenters. The highest BCUT2D eigenvalue weighted by atomic mass is 16.5. The van der Waals surface area contributed by atoms with Gasteiger partial charge in [-0.25, -0.2) is 4.79 Å². The van der Waals surface area contributed by atoms with E-state index in [1.54, 1.807) is 0 Å². The lowest BCUT2D eigenvalue weighted by molar-refractivity contribution is -0.704. The number of rotatable bonds is 17. The number of amides is 5. The van der Waals surface area contributed by atoms with Crippen molar-refractivity contribution in [1.29, 1.82) is 0 Å². The molecule has 1 aliphatic heterocycles. The molecule has 0 bridgehead atoms. The number of hydroxylamine groups is 1. The van der Waals surface area contributed by atoms with E-state index >= 15 is 0 Å². The molecule has 0 aromatic carbocycles. The van der Waals surface area contributed by atoms with E-state index < -0.39 is 46.2 Å². The number of hydrogen-bond acceptors (Lipinski definition) is 12. The van der Waals surface area contributed by atoms with Gasteiger partial charge in [-0.1, -0.05) is 24.3 Å². The van der Waals surface area contributed by atoms with Gasteiger partial charge < -0.3 is 36.1 Å². The van der Waals surface area contributed by atoms with Gasteiger partial charge in [0.1, 0.15) is 17.1 Å². The highest BCUT2D eigenvalue weighted by Crippen LogP contribution is 2.09. The third kappa shape index (κ3) is 9.86. The number of nitrogens with zero attached hydrogens (tertiary/aromatic N) is 6. The van der Waals surface area contributed by atoms with Crippen molar-refractivity contribution in [3.05, 3.63) is 115 Å². The highest BCUT2D eigenvalue weighted by Gasteiger charge is 2.33. The minimum absolute atomic E-state index is 0.00831. The molecule has 20 nitrogen and oxygen atoms in total. The largest absolute Gasteiger partial charge is 0.438 e. The summed E-state index contributed by atoms with van der Waals surface area (Å²) in [5.41, 5.74) is -3.64. The average Bonchev–Trinajstić information content (AvgIpc) is 3.15. The zero-order valence-corrected chi connectivity index (χ0v) is 28.9. The zero-order valence-electron chi connectivity index (χ0n) is 28.9. The van der Waals surface area contributed by atoms with Crippen LogP contribution >= 0.6 is 0 Å². The molecular weight excluding hydrogens is 712 g/mol. The second-order valence-corrected chi connectivity index (χ2v) is 11.9. The van der Waals surface area contributed by atoms with Gasteiger partial charge in [0.2, 0.25) is 0 Å². The predicted octanol–water partition coefficient (Wildman–Crippen LogP) is -1.10. The smallest absolute Gasteiger partial charge is 0.425 e. The molecule has 0 aliphatic carbocycles. The van der Waals surface area contributed by atoms with Crippen LogP contribution in [0.1, 0.15) is 63.6 Å². The maximum atomic E-state index is 13.5. The third-order valence-electron chi connectivity index (χ3n) is 8.19. The Labute approximate surface area is 305 Å². The molecule has 3 aromatic rings. The molecule has 6 N–H and O–H groups in total. The van der Waals surface area contributed by atoms with Gasteiger partial charge in [-0.05, 0) is 43.9 Å². The summed E-state index contributed by atoms with van der Waals surface area (Å²) in [6.45, 7) is 0.204. The molecule has 5 amide bonds. The molecule has 4 heterocycles. The first kappa shape index (κ1) is 39.8. The molecular formula is C34H39N8O12+. The van der Waals surface area contributed by atoms with Crippen molar-refractivity contribution in [1.82, 2.24) is 34.6 Å². The Bertz CT molecular complexity index is 2150. The molecule has 0 saturated carbocycles. The van der Waals surface area contributed by atoms with Crippen molar-refractivity contribution in [3.8, 4) is 0 Å². The maximum absolute atomic E-state index is 13.5. The summed E-state index contributed by atoms with van der Waals surface area (Å²) in [6, 6.07) is 10.8. The Kier molecular flexibility index (Phi) is 13.6. The minimum Gasteiger partial charge on any atom is -0.425 e. The molecule has 0 unspecified atom stereocenters. The van der Waals surface area contributed by atoms with Crippen LogP contribution in [0.5, 0.6) is 0 Å². The van der Waals surface area contributed by atoms with Crippen LogP contribution < -0.4 is 27.3 Å². The number of carbonyl (C=O) groups excluding carboxylic acids is 5. The highest BCUT2D eigenvalue weighted by molar-refractivity contribution is 6.42. The standard InChI is InChI=1S/C34H38N8O12/c43-27-13-3-9-23(39(27)51)31(47)35-17-7-21-37(33(49)25-11-5-15-29(45)41(25)53)19-1-2-20-38(34(50)26-12-6-16-30(46)42(26)54)22-8-18-36-32(48)24-10-4-14-28(44)40(24)52/h3-6,9-15,51-53H,1-2,7-8,16-22H2,(H2-,35,36,47,48,50,54)/p+1. The molecule has 0 fully saturated rings. The van der Waals surface area contributed by atoms with Gasteiger partial charge >= 0.3 is 17.5 Å². The molecule has 3 aromatic heterocycles. The number of unbranched alkanes of at least 4 members (excludes halogenated alkanes) is 1. The van der Waals surface area contributed by atoms with E-state index in [0.29, 0.717) is 0 Å². The van der Waals surface area contributed by atoms with Gasteiger partial charge in [-0.2, -0.15) is 0 Å². The van der Waals surface area contributed by atoms with E-state index in [1.807, 2.05) is 0 Å². The molecule has 0 radical (unpaired) electrons. The van der Waals surface area contributed by atoms with Gasteiger partial charge in [0, 0.05) is 63.5 Å². The van der Waals surface area contributed by atoms with Crippen molar-refractivity contribution < 1.29 is 49.5 Å². The minimum atomic E-state index is -0.837. The molecule has 20 heteroatoms. The number of carbonyl (C=O) groups is 5. The summed E-state index contributed by atoms with van der Waals surface area (Å²) in [7, 11) is 0. The fourth-order valence-electron chi connectivity index (χ4n) is 5.36. The first-order valence-corrected chi connectivity index (χ1v) is 16.8. The van der Waals surface area contributed by atoms with E-state index in [1.165, 1.54) is 58.4 Å². The lowest BCUT2D eigenvalue weighted by atomic mass is 10.1. The fraction of sp³-hybridized carbons (Fsp3) is 0.324. The summed E-state index contributed by atoms with van der Waals surface area (Å²) < 4.78 is 0.869. The summed E-state index contributed by atoms with van der Waals surface area (Å²) in [5, 5.41) is 45.3. The van der Waals surface area contributed by atoms with Gasteiger partial charge in [-0.3, -0.25) is 38.8 Å². The molecule has 1 aliphatic rings. The summed E-state index contributed by atoms with van der Waals surface area (Å²) in [5.74, 6) is -3.60. The molecule has 0 saturated heterocycles. The number of pyridine rings is 3. The van der Waals surface area contributed by atoms with Crippen molar-refractivity contribution in [2.75, 3.05) is 39.3 Å². The lowest BCUT2D eigenvalue weighted by Crippen LogP contribution is -2.43. The van der Waals surface area contributed by atoms with Gasteiger partial charge in [-0.15, -0.1) is 14.2 Å². The van der Waals surface area contributed by atoms with Crippen LogP contribution in [0.15, 0.2) is 81.1 Å². The number of hydrogen-bond donors (Lipinski definition) is 6. The SMILES string of the molecule is O=C(NCCCN(CCCCN(CCCNC(=O)c1cccc(=O)n1O)C(=O)c1cccc(=O)n1O)C(=O)C1=[N+](O)C(=O)CC=C1)c1cccc(=O)n1O. The second-order valence-electron chi connectivity index (χ2n) is 11.9. The predicted molar refractivity (Wildman–Crippen MR) is 185 cm³/mol. The monoisotopic (exact) mass is 751 g/mol. The normalized spacial score (nSPS) is 12.3. The Morgan fingerprint density at radius 2 is 1.02 bits per heavy atom. The lowest BCUT2D eigenvalue weighted by Gasteiger charge is -2.25. The molecule has 0 spiro atoms. The second kappa shape index (κ2) is 18.5. The van der Waals surface area contributed by atoms with Crippen molar-refractivity contribution in [3.63, 3.8) is 0 Å². The first-order valence-electron chi connectivity index (χ1n) is 16.8. The summed E-state index contributed by atoms with van der Waals surface area (Å²) in [6.07, 6.45) is 3.53. The first-order chi connectivity index (χ1) is 25.8. The van der Waals surface area contributed by atoms with E-state index in [0.717, 1.165) is 18.2 Å². The number of nitrogens with one attached hydrogen (secondary N) is 2. The van der Waals surface area contributed by atoms with Crippen molar-refractivity contribution >= 4 is 35.2 Å². The fourth-order valence-corrected chi connectivity index (χ4v) is 5.36. The van der Waals surface area contributed by atoms with E-state index in [2.05, 4.69) is 10.6 Å².